The van der Waals surface area contributed by atoms with E-state index in [0.717, 1.165) is 17.1 Å². The Morgan fingerprint density at radius 3 is 2.45 bits per heavy atom. The van der Waals surface area contributed by atoms with Gasteiger partial charge in [-0.3, -0.25) is 4.31 Å². The van der Waals surface area contributed by atoms with Crippen molar-refractivity contribution < 1.29 is 8.42 Å². The van der Waals surface area contributed by atoms with Gasteiger partial charge in [-0.15, -0.1) is 23.5 Å². The molecule has 0 amide bonds. The number of aryl methyl sites for hydroxylation is 1. The number of anilines is 1. The lowest BCUT2D eigenvalue weighted by Gasteiger charge is -2.32. The molecule has 1 aromatic carbocycles. The molecule has 0 aromatic heterocycles. The zero-order chi connectivity index (χ0) is 15.0. The van der Waals surface area contributed by atoms with Gasteiger partial charge in [0.1, 0.15) is 0 Å². The fourth-order valence-electron chi connectivity index (χ4n) is 2.21. The van der Waals surface area contributed by atoms with Gasteiger partial charge in [-0.25, -0.2) is 8.42 Å². The van der Waals surface area contributed by atoms with E-state index in [4.69, 9.17) is 11.6 Å². The second-order valence-corrected chi connectivity index (χ2v) is 10.8. The molecule has 1 aliphatic rings. The molecule has 1 aromatic rings. The van der Waals surface area contributed by atoms with Crippen molar-refractivity contribution in [2.45, 2.75) is 17.9 Å². The van der Waals surface area contributed by atoms with E-state index >= 15 is 0 Å². The number of rotatable bonds is 4. The molecule has 1 fully saturated rings. The highest BCUT2D eigenvalue weighted by atomic mass is 35.5. The zero-order valence-electron chi connectivity index (χ0n) is 11.7. The van der Waals surface area contributed by atoms with E-state index in [9.17, 15) is 8.42 Å². The average molecular weight is 352 g/mol. The molecule has 112 valence electrons. The van der Waals surface area contributed by atoms with Crippen LogP contribution in [0.25, 0.3) is 0 Å². The van der Waals surface area contributed by atoms with Crippen LogP contribution in [0.1, 0.15) is 12.5 Å². The molecule has 1 saturated heterocycles. The molecule has 20 heavy (non-hydrogen) atoms. The van der Waals surface area contributed by atoms with Crippen molar-refractivity contribution in [2.24, 2.45) is 0 Å². The summed E-state index contributed by atoms with van der Waals surface area (Å²) in [5.74, 6) is 2.11. The Morgan fingerprint density at radius 2 is 1.95 bits per heavy atom. The predicted octanol–water partition coefficient (Wildman–Crippen LogP) is 3.61. The van der Waals surface area contributed by atoms with E-state index in [0.29, 0.717) is 17.3 Å². The average Bonchev–Trinajstić information content (AvgIpc) is 2.73. The van der Waals surface area contributed by atoms with Crippen LogP contribution < -0.4 is 4.31 Å². The molecule has 3 nitrogen and oxygen atoms in total. The van der Waals surface area contributed by atoms with E-state index < -0.39 is 10.0 Å². The van der Waals surface area contributed by atoms with Gasteiger partial charge < -0.3 is 0 Å². The standard InChI is InChI=1S/C13H18ClNO2S3/c1-10-5-4-6-11(14)12(10)15(20(3,16)17)9-13(2)18-7-8-19-13/h4-6H,7-9H2,1-3H3. The van der Waals surface area contributed by atoms with Crippen LogP contribution in [0.5, 0.6) is 0 Å². The Kier molecular flexibility index (Phi) is 4.89. The number of benzene rings is 1. The minimum absolute atomic E-state index is 0.116. The smallest absolute Gasteiger partial charge is 0.232 e. The van der Waals surface area contributed by atoms with Gasteiger partial charge >= 0.3 is 0 Å². The SMILES string of the molecule is Cc1cccc(Cl)c1N(CC1(C)SCCS1)S(C)(=O)=O. The van der Waals surface area contributed by atoms with Gasteiger partial charge in [0.05, 0.1) is 27.6 Å². The molecule has 2 rings (SSSR count). The Labute approximate surface area is 134 Å². The first-order valence-corrected chi connectivity index (χ1v) is 10.4. The lowest BCUT2D eigenvalue weighted by Crippen LogP contribution is -2.39. The summed E-state index contributed by atoms with van der Waals surface area (Å²) in [6.45, 7) is 4.42. The molecule has 7 heteroatoms. The second kappa shape index (κ2) is 5.99. The minimum atomic E-state index is -3.37. The maximum Gasteiger partial charge on any atom is 0.232 e. The van der Waals surface area contributed by atoms with Crippen LogP contribution in [0.2, 0.25) is 5.02 Å². The predicted molar refractivity (Wildman–Crippen MR) is 91.7 cm³/mol. The van der Waals surface area contributed by atoms with Crippen LogP contribution in [0.4, 0.5) is 5.69 Å². The molecule has 0 N–H and O–H groups in total. The Bertz CT molecular complexity index is 577. The molecule has 0 bridgehead atoms. The monoisotopic (exact) mass is 351 g/mol. The molecule has 1 aliphatic heterocycles. The highest BCUT2D eigenvalue weighted by Crippen LogP contribution is 2.45. The van der Waals surface area contributed by atoms with Crippen molar-refractivity contribution in [1.82, 2.24) is 0 Å². The van der Waals surface area contributed by atoms with Crippen molar-refractivity contribution in [2.75, 3.05) is 28.6 Å². The molecule has 0 aliphatic carbocycles. The highest BCUT2D eigenvalue weighted by molar-refractivity contribution is 8.21. The van der Waals surface area contributed by atoms with E-state index in [2.05, 4.69) is 6.92 Å². The van der Waals surface area contributed by atoms with Gasteiger partial charge in [0, 0.05) is 11.5 Å². The van der Waals surface area contributed by atoms with E-state index in [1.54, 1.807) is 6.07 Å². The summed E-state index contributed by atoms with van der Waals surface area (Å²) < 4.78 is 25.8. The number of thioether (sulfide) groups is 2. The number of nitrogens with zero attached hydrogens (tertiary/aromatic N) is 1. The van der Waals surface area contributed by atoms with Crippen molar-refractivity contribution in [3.63, 3.8) is 0 Å². The van der Waals surface area contributed by atoms with Crippen molar-refractivity contribution in [1.29, 1.82) is 0 Å². The van der Waals surface area contributed by atoms with E-state index in [1.807, 2.05) is 42.6 Å². The molecule has 0 spiro atoms. The number of hydrogen-bond acceptors (Lipinski definition) is 4. The van der Waals surface area contributed by atoms with Crippen molar-refractivity contribution in [3.8, 4) is 0 Å². The molecule has 0 saturated carbocycles. The van der Waals surface area contributed by atoms with Crippen molar-refractivity contribution in [3.05, 3.63) is 28.8 Å². The molecular formula is C13H18ClNO2S3. The second-order valence-electron chi connectivity index (χ2n) is 5.01. The summed E-state index contributed by atoms with van der Waals surface area (Å²) in [6, 6.07) is 5.46. The fraction of sp³-hybridized carbons (Fsp3) is 0.538. The molecule has 0 unspecified atom stereocenters. The first-order valence-electron chi connectivity index (χ1n) is 6.24. The zero-order valence-corrected chi connectivity index (χ0v) is 14.9. The topological polar surface area (TPSA) is 37.4 Å². The fourth-order valence-corrected chi connectivity index (χ4v) is 6.62. The molecule has 0 atom stereocenters. The van der Waals surface area contributed by atoms with Crippen LogP contribution in [-0.4, -0.2) is 36.8 Å². The third kappa shape index (κ3) is 3.59. The molecule has 0 radical (unpaired) electrons. The Morgan fingerprint density at radius 1 is 1.35 bits per heavy atom. The van der Waals surface area contributed by atoms with Crippen LogP contribution in [0, 0.1) is 6.92 Å². The van der Waals surface area contributed by atoms with Crippen LogP contribution in [-0.2, 0) is 10.0 Å². The third-order valence-electron chi connectivity index (χ3n) is 3.17. The van der Waals surface area contributed by atoms with Gasteiger partial charge in [0.15, 0.2) is 0 Å². The summed E-state index contributed by atoms with van der Waals surface area (Å²) in [4.78, 5) is 0. The number of halogens is 1. The normalized spacial score (nSPS) is 18.2. The van der Waals surface area contributed by atoms with Gasteiger partial charge in [-0.1, -0.05) is 23.7 Å². The maximum absolute atomic E-state index is 12.2. The van der Waals surface area contributed by atoms with Gasteiger partial charge in [-0.05, 0) is 25.5 Å². The van der Waals surface area contributed by atoms with Crippen molar-refractivity contribution >= 4 is 50.8 Å². The Hall–Kier alpha value is -0.0400. The highest BCUT2D eigenvalue weighted by Gasteiger charge is 2.36. The van der Waals surface area contributed by atoms with Crippen LogP contribution in [0.3, 0.4) is 0 Å². The summed E-state index contributed by atoms with van der Waals surface area (Å²) in [7, 11) is -3.37. The van der Waals surface area contributed by atoms with E-state index in [-0.39, 0.29) is 4.08 Å². The lowest BCUT2D eigenvalue weighted by molar-refractivity contribution is 0.595. The molecular weight excluding hydrogens is 334 g/mol. The lowest BCUT2D eigenvalue weighted by atomic mass is 10.2. The molecule has 1 heterocycles. The largest absolute Gasteiger partial charge is 0.266 e. The van der Waals surface area contributed by atoms with E-state index in [1.165, 1.54) is 10.6 Å². The van der Waals surface area contributed by atoms with Crippen LogP contribution >= 0.6 is 35.1 Å². The first kappa shape index (κ1) is 16.3. The third-order valence-corrected chi connectivity index (χ3v) is 7.85. The minimum Gasteiger partial charge on any atom is -0.266 e. The summed E-state index contributed by atoms with van der Waals surface area (Å²) in [6.07, 6.45) is 1.24. The number of hydrogen-bond donors (Lipinski definition) is 0. The summed E-state index contributed by atoms with van der Waals surface area (Å²) in [5, 5.41) is 0.479. The van der Waals surface area contributed by atoms with Gasteiger partial charge in [0.2, 0.25) is 10.0 Å². The summed E-state index contributed by atoms with van der Waals surface area (Å²) >= 11 is 9.86. The maximum atomic E-state index is 12.2. The number of para-hydroxylation sites is 1. The first-order chi connectivity index (χ1) is 9.23. The van der Waals surface area contributed by atoms with Gasteiger partial charge in [0.25, 0.3) is 0 Å². The number of sulfonamides is 1. The quantitative estimate of drug-likeness (QED) is 0.830. The Balaban J connectivity index is 2.44. The van der Waals surface area contributed by atoms with Crippen LogP contribution in [0.15, 0.2) is 18.2 Å². The summed E-state index contributed by atoms with van der Waals surface area (Å²) in [5.41, 5.74) is 1.48. The van der Waals surface area contributed by atoms with Gasteiger partial charge in [-0.2, -0.15) is 0 Å².